The molecule has 0 radical (unpaired) electrons. The number of nitrogens with zero attached hydrogens (tertiary/aromatic N) is 2. The van der Waals surface area contributed by atoms with Gasteiger partial charge in [0.05, 0.1) is 5.41 Å². The second kappa shape index (κ2) is 17.5. The fourth-order valence-electron chi connectivity index (χ4n) is 9.41. The lowest BCUT2D eigenvalue weighted by atomic mass is 9.60. The van der Waals surface area contributed by atoms with Crippen LogP contribution >= 0.6 is 0 Å². The average molecular weight is 689 g/mol. The smallest absolute Gasteiger partial charge is 0.232 e. The van der Waals surface area contributed by atoms with E-state index in [0.29, 0.717) is 0 Å². The lowest BCUT2D eigenvalue weighted by Gasteiger charge is -2.42. The van der Waals surface area contributed by atoms with Crippen LogP contribution in [0.5, 0.6) is 0 Å². The second-order valence-electron chi connectivity index (χ2n) is 14.8. The van der Waals surface area contributed by atoms with Crippen LogP contribution in [0.4, 0.5) is 0 Å². The number of likely N-dealkylation sites (tertiary alicyclic amines) is 2. The van der Waals surface area contributed by atoms with E-state index in [4.69, 9.17) is 16.2 Å². The van der Waals surface area contributed by atoms with E-state index in [2.05, 4.69) is 46.2 Å². The third kappa shape index (κ3) is 7.91. The summed E-state index contributed by atoms with van der Waals surface area (Å²) in [6, 6.07) is 30.4. The van der Waals surface area contributed by atoms with Crippen LogP contribution in [0.15, 0.2) is 115 Å². The summed E-state index contributed by atoms with van der Waals surface area (Å²) < 4.78 is 6.06. The normalized spacial score (nSPS) is 22.2. The van der Waals surface area contributed by atoms with Gasteiger partial charge in [-0.3, -0.25) is 9.59 Å². The molecular formula is C44H56N4O3. The summed E-state index contributed by atoms with van der Waals surface area (Å²) in [4.78, 5) is 31.7. The number of unbranched alkanes of at least 4 members (excludes halogenated alkanes) is 2. The molecule has 3 aliphatic rings. The van der Waals surface area contributed by atoms with Crippen LogP contribution in [0, 0.1) is 17.8 Å². The number of rotatable bonds is 18. The molecule has 7 heteroatoms. The average Bonchev–Trinajstić information content (AvgIpc) is 3.84. The Bertz CT molecular complexity index is 1570. The van der Waals surface area contributed by atoms with E-state index in [1.54, 1.807) is 0 Å². The Morgan fingerprint density at radius 2 is 1.16 bits per heavy atom. The fourth-order valence-corrected chi connectivity index (χ4v) is 9.41. The minimum absolute atomic E-state index is 0.0694. The van der Waals surface area contributed by atoms with Gasteiger partial charge in [-0.1, -0.05) is 115 Å². The fraction of sp³-hybridized carbons (Fsp3) is 0.455. The van der Waals surface area contributed by atoms with Crippen LogP contribution < -0.4 is 11.5 Å². The molecule has 4 N–H and O–H groups in total. The number of nitrogens with two attached hydrogens (primary N) is 2. The topological polar surface area (TPSA) is 102 Å². The van der Waals surface area contributed by atoms with Crippen molar-refractivity contribution in [2.24, 2.45) is 29.2 Å². The molecule has 51 heavy (non-hydrogen) atoms. The third-order valence-corrected chi connectivity index (χ3v) is 11.9. The van der Waals surface area contributed by atoms with E-state index >= 15 is 0 Å². The summed E-state index contributed by atoms with van der Waals surface area (Å²) in [5, 5.41) is 0. The molecule has 2 saturated heterocycles. The minimum atomic E-state index is -0.840. The first-order chi connectivity index (χ1) is 25.0. The predicted molar refractivity (Wildman–Crippen MR) is 205 cm³/mol. The Morgan fingerprint density at radius 1 is 0.647 bits per heavy atom. The summed E-state index contributed by atoms with van der Waals surface area (Å²) in [6.07, 6.45) is 15.4. The Balaban J connectivity index is 0.916. The first kappa shape index (κ1) is 36.7. The number of hydrogen-bond donors (Lipinski definition) is 2. The number of amides is 2. The second-order valence-corrected chi connectivity index (χ2v) is 14.8. The molecule has 6 rings (SSSR count). The maximum absolute atomic E-state index is 13.4. The van der Waals surface area contributed by atoms with E-state index in [0.717, 1.165) is 114 Å². The SMILES string of the molecule is NC(=O)C(c1ccccc1)(c1ccccc1)C1CCN(CCCCOCCCCN2CCC(C(C(N)=O)(c3ccccc3)C3C=CC=CC3)C2)C1. The Kier molecular flexibility index (Phi) is 12.6. The van der Waals surface area contributed by atoms with E-state index in [1.165, 1.54) is 0 Å². The minimum Gasteiger partial charge on any atom is -0.381 e. The van der Waals surface area contributed by atoms with Gasteiger partial charge in [-0.25, -0.2) is 0 Å². The molecule has 0 bridgehead atoms. The number of carbonyl (C=O) groups excluding carboxylic acids is 2. The molecule has 4 unspecified atom stereocenters. The zero-order valence-electron chi connectivity index (χ0n) is 30.1. The Labute approximate surface area is 304 Å². The van der Waals surface area contributed by atoms with Crippen molar-refractivity contribution < 1.29 is 14.3 Å². The summed E-state index contributed by atoms with van der Waals surface area (Å²) >= 11 is 0. The molecule has 1 aliphatic carbocycles. The maximum atomic E-state index is 13.4. The van der Waals surface area contributed by atoms with Crippen LogP contribution in [-0.2, 0) is 25.2 Å². The van der Waals surface area contributed by atoms with Crippen molar-refractivity contribution >= 4 is 11.8 Å². The van der Waals surface area contributed by atoms with Crippen LogP contribution in [0.2, 0.25) is 0 Å². The molecular weight excluding hydrogens is 633 g/mol. The molecule has 2 fully saturated rings. The van der Waals surface area contributed by atoms with E-state index in [9.17, 15) is 9.59 Å². The number of carbonyl (C=O) groups is 2. The number of hydrogen-bond acceptors (Lipinski definition) is 5. The molecule has 0 aromatic heterocycles. The quantitative estimate of drug-likeness (QED) is 0.154. The lowest BCUT2D eigenvalue weighted by molar-refractivity contribution is -0.127. The highest BCUT2D eigenvalue weighted by Gasteiger charge is 2.52. The van der Waals surface area contributed by atoms with Gasteiger partial charge in [-0.05, 0) is 106 Å². The van der Waals surface area contributed by atoms with Crippen LogP contribution in [0.3, 0.4) is 0 Å². The van der Waals surface area contributed by atoms with Gasteiger partial charge in [0.1, 0.15) is 5.41 Å². The summed E-state index contributed by atoms with van der Waals surface area (Å²) in [5.41, 5.74) is 14.0. The third-order valence-electron chi connectivity index (χ3n) is 11.9. The van der Waals surface area contributed by atoms with Gasteiger partial charge in [0.25, 0.3) is 0 Å². The molecule has 2 aliphatic heterocycles. The zero-order chi connectivity index (χ0) is 35.5. The molecule has 2 heterocycles. The first-order valence-electron chi connectivity index (χ1n) is 19.1. The molecule has 0 saturated carbocycles. The Hall–Kier alpha value is -4.04. The van der Waals surface area contributed by atoms with Gasteiger partial charge in [0.15, 0.2) is 0 Å². The lowest BCUT2D eigenvalue weighted by Crippen LogP contribution is -2.53. The monoisotopic (exact) mass is 688 g/mol. The summed E-state index contributed by atoms with van der Waals surface area (Å²) in [6.45, 7) is 7.26. The van der Waals surface area contributed by atoms with Crippen LogP contribution in [0.1, 0.15) is 61.6 Å². The van der Waals surface area contributed by atoms with Crippen molar-refractivity contribution in [2.75, 3.05) is 52.5 Å². The van der Waals surface area contributed by atoms with Crippen LogP contribution in [0.25, 0.3) is 0 Å². The van der Waals surface area contributed by atoms with E-state index in [1.807, 2.05) is 78.9 Å². The van der Waals surface area contributed by atoms with Gasteiger partial charge in [-0.15, -0.1) is 0 Å². The van der Waals surface area contributed by atoms with Gasteiger partial charge in [0, 0.05) is 26.3 Å². The molecule has 3 aromatic carbocycles. The van der Waals surface area contributed by atoms with Crippen molar-refractivity contribution in [3.8, 4) is 0 Å². The highest BCUT2D eigenvalue weighted by molar-refractivity contribution is 5.91. The number of allylic oxidation sites excluding steroid dienone is 4. The first-order valence-corrected chi connectivity index (χ1v) is 19.1. The van der Waals surface area contributed by atoms with Crippen molar-refractivity contribution in [3.63, 3.8) is 0 Å². The van der Waals surface area contributed by atoms with Gasteiger partial charge < -0.3 is 26.0 Å². The standard InChI is InChI=1S/C44H56N4O3/c45-41(49)43(35-17-5-1-6-18-35,36-19-7-2-8-20-36)39-25-29-47(33-39)27-13-15-31-51-32-16-14-28-48-30-26-40(34-48)44(42(46)50,37-21-9-3-10-22-37)38-23-11-4-12-24-38/h1-12,17-23,38-40H,13-16,24-34H2,(H2,45,49)(H2,46,50). The largest absolute Gasteiger partial charge is 0.381 e. The van der Waals surface area contributed by atoms with Crippen molar-refractivity contribution in [3.05, 3.63) is 132 Å². The highest BCUT2D eigenvalue weighted by Crippen LogP contribution is 2.47. The van der Waals surface area contributed by atoms with E-state index in [-0.39, 0.29) is 29.6 Å². The Morgan fingerprint density at radius 3 is 1.65 bits per heavy atom. The van der Waals surface area contributed by atoms with Crippen molar-refractivity contribution in [1.82, 2.24) is 9.80 Å². The predicted octanol–water partition coefficient (Wildman–Crippen LogP) is 6.23. The molecule has 2 amide bonds. The van der Waals surface area contributed by atoms with Gasteiger partial charge in [-0.2, -0.15) is 0 Å². The molecule has 7 nitrogen and oxygen atoms in total. The molecule has 3 aromatic rings. The van der Waals surface area contributed by atoms with Crippen LogP contribution in [-0.4, -0.2) is 74.1 Å². The van der Waals surface area contributed by atoms with Crippen molar-refractivity contribution in [1.29, 1.82) is 0 Å². The summed E-state index contributed by atoms with van der Waals surface area (Å²) in [5.74, 6) is -0.106. The van der Waals surface area contributed by atoms with Gasteiger partial charge in [0.2, 0.25) is 11.8 Å². The highest BCUT2D eigenvalue weighted by atomic mass is 16.5. The number of benzene rings is 3. The number of ether oxygens (including phenoxy) is 1. The molecule has 4 atom stereocenters. The number of primary amides is 2. The van der Waals surface area contributed by atoms with Gasteiger partial charge >= 0.3 is 0 Å². The zero-order valence-corrected chi connectivity index (χ0v) is 30.1. The summed E-state index contributed by atoms with van der Waals surface area (Å²) in [7, 11) is 0. The van der Waals surface area contributed by atoms with E-state index < -0.39 is 10.8 Å². The molecule has 0 spiro atoms. The van der Waals surface area contributed by atoms with Crippen molar-refractivity contribution in [2.45, 2.75) is 55.8 Å². The molecule has 270 valence electrons. The maximum Gasteiger partial charge on any atom is 0.232 e.